The minimum absolute atomic E-state index is 0.437. The van der Waals surface area contributed by atoms with Gasteiger partial charge in [-0.25, -0.2) is 4.79 Å². The van der Waals surface area contributed by atoms with Crippen molar-refractivity contribution < 1.29 is 9.90 Å². The largest absolute Gasteiger partial charge is 0.478 e. The zero-order valence-corrected chi connectivity index (χ0v) is 13.4. The smallest absolute Gasteiger partial charge is 0.338 e. The van der Waals surface area contributed by atoms with Crippen LogP contribution >= 0.6 is 23.1 Å². The second-order valence-electron chi connectivity index (χ2n) is 5.15. The molecule has 0 aliphatic heterocycles. The van der Waals surface area contributed by atoms with Crippen LogP contribution in [0.5, 0.6) is 0 Å². The molecule has 1 fully saturated rings. The Balaban J connectivity index is 2.01. The van der Waals surface area contributed by atoms with E-state index in [9.17, 15) is 9.90 Å². The van der Waals surface area contributed by atoms with Crippen molar-refractivity contribution in [3.8, 4) is 0 Å². The number of anilines is 1. The summed E-state index contributed by atoms with van der Waals surface area (Å²) in [6, 6.07) is 8.36. The molecule has 3 rings (SSSR count). The molecule has 1 saturated carbocycles. The van der Waals surface area contributed by atoms with Crippen LogP contribution in [0.1, 0.15) is 28.8 Å². The van der Waals surface area contributed by atoms with E-state index in [0.717, 1.165) is 30.0 Å². The van der Waals surface area contributed by atoms with Crippen molar-refractivity contribution in [3.63, 3.8) is 0 Å². The molecule has 0 amide bonds. The molecular formula is C16H17NO2S2. The van der Waals surface area contributed by atoms with Gasteiger partial charge < -0.3 is 10.0 Å². The maximum Gasteiger partial charge on any atom is 0.338 e. The van der Waals surface area contributed by atoms with Crippen LogP contribution in [0.15, 0.2) is 39.9 Å². The van der Waals surface area contributed by atoms with E-state index in [1.54, 1.807) is 11.3 Å². The zero-order valence-electron chi connectivity index (χ0n) is 11.8. The fourth-order valence-electron chi connectivity index (χ4n) is 2.52. The summed E-state index contributed by atoms with van der Waals surface area (Å²) in [5.74, 6) is -0.842. The Kier molecular flexibility index (Phi) is 4.22. The van der Waals surface area contributed by atoms with Gasteiger partial charge in [0.15, 0.2) is 0 Å². The van der Waals surface area contributed by atoms with Crippen LogP contribution in [0.2, 0.25) is 0 Å². The van der Waals surface area contributed by atoms with Crippen LogP contribution in [0, 0.1) is 0 Å². The van der Waals surface area contributed by atoms with Crippen molar-refractivity contribution in [2.75, 3.05) is 11.2 Å². The van der Waals surface area contributed by atoms with Gasteiger partial charge in [0.1, 0.15) is 0 Å². The standard InChI is InChI=1S/C16H17NO2S2/c1-20-14-4-2-3-13(15(14)16(18)19)17(12-5-6-12)9-11-7-8-21-10-11/h2-4,7-8,10,12H,5-6,9H2,1H3,(H,18,19). The van der Waals surface area contributed by atoms with Crippen molar-refractivity contribution >= 4 is 34.8 Å². The highest BCUT2D eigenvalue weighted by Crippen LogP contribution is 2.38. The van der Waals surface area contributed by atoms with Gasteiger partial charge in [0.2, 0.25) is 0 Å². The Bertz CT molecular complexity index is 636. The number of hydrogen-bond donors (Lipinski definition) is 1. The first-order chi connectivity index (χ1) is 10.2. The van der Waals surface area contributed by atoms with Gasteiger partial charge in [0.05, 0.1) is 11.3 Å². The molecule has 1 aliphatic rings. The number of thiophene rings is 1. The van der Waals surface area contributed by atoms with Gasteiger partial charge >= 0.3 is 5.97 Å². The normalized spacial score (nSPS) is 14.1. The highest BCUT2D eigenvalue weighted by molar-refractivity contribution is 7.98. The molecular weight excluding hydrogens is 302 g/mol. The van der Waals surface area contributed by atoms with Gasteiger partial charge in [-0.1, -0.05) is 6.07 Å². The number of carboxylic acids is 1. The van der Waals surface area contributed by atoms with Gasteiger partial charge in [-0.15, -0.1) is 11.8 Å². The number of rotatable bonds is 6. The summed E-state index contributed by atoms with van der Waals surface area (Å²) in [6.07, 6.45) is 4.21. The van der Waals surface area contributed by atoms with E-state index in [4.69, 9.17) is 0 Å². The number of carbonyl (C=O) groups is 1. The first-order valence-corrected chi connectivity index (χ1v) is 9.05. The van der Waals surface area contributed by atoms with Gasteiger partial charge in [-0.3, -0.25) is 0 Å². The van der Waals surface area contributed by atoms with Crippen LogP contribution in [0.3, 0.4) is 0 Å². The summed E-state index contributed by atoms with van der Waals surface area (Å²) in [7, 11) is 0. The summed E-state index contributed by atoms with van der Waals surface area (Å²) in [4.78, 5) is 14.8. The topological polar surface area (TPSA) is 40.5 Å². The van der Waals surface area contributed by atoms with Crippen molar-refractivity contribution in [1.29, 1.82) is 0 Å². The molecule has 0 saturated heterocycles. The predicted molar refractivity (Wildman–Crippen MR) is 88.7 cm³/mol. The first-order valence-electron chi connectivity index (χ1n) is 6.88. The van der Waals surface area contributed by atoms with E-state index in [1.165, 1.54) is 17.3 Å². The number of benzene rings is 1. The minimum atomic E-state index is -0.842. The van der Waals surface area contributed by atoms with Crippen LogP contribution in [0.4, 0.5) is 5.69 Å². The number of hydrogen-bond acceptors (Lipinski definition) is 4. The van der Waals surface area contributed by atoms with Crippen LogP contribution in [0.25, 0.3) is 0 Å². The zero-order chi connectivity index (χ0) is 14.8. The molecule has 0 unspecified atom stereocenters. The Hall–Kier alpha value is -1.46. The number of nitrogens with zero attached hydrogens (tertiary/aromatic N) is 1. The molecule has 1 aromatic heterocycles. The second-order valence-corrected chi connectivity index (χ2v) is 6.78. The summed E-state index contributed by atoms with van der Waals surface area (Å²) >= 11 is 3.17. The average Bonchev–Trinajstić information content (AvgIpc) is 3.20. The lowest BCUT2D eigenvalue weighted by Crippen LogP contribution is -2.27. The minimum Gasteiger partial charge on any atom is -0.478 e. The van der Waals surface area contributed by atoms with Crippen molar-refractivity contribution in [2.45, 2.75) is 30.3 Å². The maximum atomic E-state index is 11.7. The highest BCUT2D eigenvalue weighted by Gasteiger charge is 2.32. The van der Waals surface area contributed by atoms with E-state index >= 15 is 0 Å². The lowest BCUT2D eigenvalue weighted by Gasteiger charge is -2.26. The van der Waals surface area contributed by atoms with E-state index in [-0.39, 0.29) is 0 Å². The lowest BCUT2D eigenvalue weighted by molar-refractivity contribution is 0.0694. The first kappa shape index (κ1) is 14.5. The quantitative estimate of drug-likeness (QED) is 0.804. The lowest BCUT2D eigenvalue weighted by atomic mass is 10.1. The Labute approximate surface area is 132 Å². The fraction of sp³-hybridized carbons (Fsp3) is 0.312. The molecule has 5 heteroatoms. The molecule has 3 nitrogen and oxygen atoms in total. The molecule has 1 aromatic carbocycles. The van der Waals surface area contributed by atoms with E-state index < -0.39 is 5.97 Å². The summed E-state index contributed by atoms with van der Waals surface area (Å²) < 4.78 is 0. The van der Waals surface area contributed by atoms with Gasteiger partial charge in [-0.05, 0) is 53.6 Å². The molecule has 0 spiro atoms. The van der Waals surface area contributed by atoms with Gasteiger partial charge in [-0.2, -0.15) is 11.3 Å². The molecule has 0 radical (unpaired) electrons. The summed E-state index contributed by atoms with van der Waals surface area (Å²) in [5, 5.41) is 13.8. The SMILES string of the molecule is CSc1cccc(N(Cc2ccsc2)C2CC2)c1C(=O)O. The third-order valence-electron chi connectivity index (χ3n) is 3.67. The van der Waals surface area contributed by atoms with E-state index in [0.29, 0.717) is 11.6 Å². The van der Waals surface area contributed by atoms with Gasteiger partial charge in [0.25, 0.3) is 0 Å². The molecule has 0 atom stereocenters. The van der Waals surface area contributed by atoms with E-state index in [2.05, 4.69) is 21.7 Å². The van der Waals surface area contributed by atoms with Crippen molar-refractivity contribution in [1.82, 2.24) is 0 Å². The monoisotopic (exact) mass is 319 g/mol. The maximum absolute atomic E-state index is 11.7. The predicted octanol–water partition coefficient (Wildman–Crippen LogP) is 4.34. The highest BCUT2D eigenvalue weighted by atomic mass is 32.2. The Morgan fingerprint density at radius 2 is 2.24 bits per heavy atom. The van der Waals surface area contributed by atoms with Gasteiger partial charge in [0, 0.05) is 17.5 Å². The molecule has 0 bridgehead atoms. The summed E-state index contributed by atoms with van der Waals surface area (Å²) in [6.45, 7) is 0.784. The number of aromatic carboxylic acids is 1. The fourth-order valence-corrected chi connectivity index (χ4v) is 3.79. The van der Waals surface area contributed by atoms with Crippen molar-refractivity contribution in [3.05, 3.63) is 46.2 Å². The third-order valence-corrected chi connectivity index (χ3v) is 5.18. The van der Waals surface area contributed by atoms with Crippen LogP contribution in [-0.4, -0.2) is 23.4 Å². The molecule has 1 N–H and O–H groups in total. The average molecular weight is 319 g/mol. The Morgan fingerprint density at radius 1 is 1.43 bits per heavy atom. The second kappa shape index (κ2) is 6.12. The molecule has 1 aliphatic carbocycles. The number of carboxylic acid groups (broad SMARTS) is 1. The summed E-state index contributed by atoms with van der Waals surface area (Å²) in [5.41, 5.74) is 2.54. The third kappa shape index (κ3) is 3.09. The Morgan fingerprint density at radius 3 is 2.81 bits per heavy atom. The number of thioether (sulfide) groups is 1. The van der Waals surface area contributed by atoms with E-state index in [1.807, 2.05) is 24.5 Å². The van der Waals surface area contributed by atoms with Crippen molar-refractivity contribution in [2.24, 2.45) is 0 Å². The van der Waals surface area contributed by atoms with Crippen LogP contribution in [-0.2, 0) is 6.54 Å². The van der Waals surface area contributed by atoms with Crippen LogP contribution < -0.4 is 4.90 Å². The molecule has 1 heterocycles. The molecule has 21 heavy (non-hydrogen) atoms. The molecule has 110 valence electrons. The molecule has 2 aromatic rings.